The van der Waals surface area contributed by atoms with Gasteiger partial charge in [-0.25, -0.2) is 0 Å². The molecule has 6 nitrogen and oxygen atoms in total. The number of H-pyrrole nitrogens is 1. The van der Waals surface area contributed by atoms with Crippen LogP contribution in [-0.4, -0.2) is 52.8 Å². The molecule has 2 amide bonds. The largest absolute Gasteiger partial charge is 0.497 e. The van der Waals surface area contributed by atoms with E-state index in [9.17, 15) is 9.59 Å². The minimum absolute atomic E-state index is 0.0513. The van der Waals surface area contributed by atoms with Crippen LogP contribution in [-0.2, 0) is 22.6 Å². The maximum atomic E-state index is 13.2. The molecule has 1 saturated heterocycles. The van der Waals surface area contributed by atoms with E-state index in [4.69, 9.17) is 4.74 Å². The van der Waals surface area contributed by atoms with E-state index in [0.29, 0.717) is 32.0 Å². The van der Waals surface area contributed by atoms with E-state index in [1.54, 1.807) is 7.11 Å². The quantitative estimate of drug-likeness (QED) is 0.906. The summed E-state index contributed by atoms with van der Waals surface area (Å²) < 4.78 is 5.37. The van der Waals surface area contributed by atoms with Crippen LogP contribution < -0.4 is 4.74 Å². The number of aromatic amines is 1. The molecule has 3 heterocycles. The second-order valence-electron chi connectivity index (χ2n) is 8.02. The normalized spacial score (nSPS) is 22.9. The van der Waals surface area contributed by atoms with E-state index >= 15 is 0 Å². The van der Waals surface area contributed by atoms with Crippen LogP contribution in [0.25, 0.3) is 10.9 Å². The molecule has 5 rings (SSSR count). The summed E-state index contributed by atoms with van der Waals surface area (Å²) in [5.41, 5.74) is 3.52. The number of likely N-dealkylation sites (tertiary alicyclic amines) is 1. The van der Waals surface area contributed by atoms with Crippen molar-refractivity contribution in [3.63, 3.8) is 0 Å². The van der Waals surface area contributed by atoms with Crippen LogP contribution in [0.1, 0.15) is 36.9 Å². The number of carbonyl (C=O) groups is 2. The molecule has 1 saturated carbocycles. The lowest BCUT2D eigenvalue weighted by atomic mass is 9.94. The summed E-state index contributed by atoms with van der Waals surface area (Å²) in [6.07, 6.45) is 4.23. The Morgan fingerprint density at radius 1 is 1.22 bits per heavy atom. The molecule has 6 heteroatoms. The third-order valence-corrected chi connectivity index (χ3v) is 6.28. The van der Waals surface area contributed by atoms with E-state index < -0.39 is 0 Å². The number of benzene rings is 1. The standard InChI is InChI=1S/C21H25N3O3/c1-27-15-5-6-18-16(10-15)17-12-23(9-8-19(17)22-18)21(26)13-2-7-20(25)24(11-13)14-3-4-14/h5-6,10,13-14,22H,2-4,7-9,11-12H2,1H3. The number of piperidine rings is 1. The molecule has 2 aromatic rings. The molecule has 1 aromatic heterocycles. The SMILES string of the molecule is COc1ccc2[nH]c3c(c2c1)CN(C(=O)C1CCC(=O)N(C2CC2)C1)CC3. The van der Waals surface area contributed by atoms with Gasteiger partial charge in [0.2, 0.25) is 11.8 Å². The Hall–Kier alpha value is -2.50. The van der Waals surface area contributed by atoms with Crippen LogP contribution in [0.2, 0.25) is 0 Å². The minimum atomic E-state index is -0.0513. The highest BCUT2D eigenvalue weighted by atomic mass is 16.5. The van der Waals surface area contributed by atoms with Crippen LogP contribution in [0.15, 0.2) is 18.2 Å². The van der Waals surface area contributed by atoms with Crippen LogP contribution in [0, 0.1) is 5.92 Å². The predicted octanol–water partition coefficient (Wildman–Crippen LogP) is 2.46. The zero-order chi connectivity index (χ0) is 18.5. The zero-order valence-electron chi connectivity index (χ0n) is 15.7. The number of hydrogen-bond donors (Lipinski definition) is 1. The number of hydrogen-bond acceptors (Lipinski definition) is 3. The van der Waals surface area contributed by atoms with Gasteiger partial charge in [-0.1, -0.05) is 0 Å². The average Bonchev–Trinajstić information content (AvgIpc) is 3.48. The van der Waals surface area contributed by atoms with Crippen LogP contribution >= 0.6 is 0 Å². The van der Waals surface area contributed by atoms with Crippen molar-refractivity contribution in [2.75, 3.05) is 20.2 Å². The van der Waals surface area contributed by atoms with Gasteiger partial charge in [0.05, 0.1) is 13.0 Å². The first kappa shape index (κ1) is 16.7. The van der Waals surface area contributed by atoms with Gasteiger partial charge in [0, 0.05) is 60.7 Å². The van der Waals surface area contributed by atoms with Gasteiger partial charge in [-0.2, -0.15) is 0 Å². The molecule has 142 valence electrons. The van der Waals surface area contributed by atoms with E-state index in [1.807, 2.05) is 28.0 Å². The maximum absolute atomic E-state index is 13.2. The van der Waals surface area contributed by atoms with Crippen LogP contribution in [0.3, 0.4) is 0 Å². The Labute approximate surface area is 158 Å². The first-order valence-electron chi connectivity index (χ1n) is 9.90. The number of carbonyl (C=O) groups excluding carboxylic acids is 2. The summed E-state index contributed by atoms with van der Waals surface area (Å²) in [6.45, 7) is 1.98. The number of nitrogens with one attached hydrogen (secondary N) is 1. The number of aromatic nitrogens is 1. The third-order valence-electron chi connectivity index (χ3n) is 6.28. The molecular formula is C21H25N3O3. The summed E-state index contributed by atoms with van der Waals surface area (Å²) in [5.74, 6) is 1.21. The fraction of sp³-hybridized carbons (Fsp3) is 0.524. The first-order chi connectivity index (χ1) is 13.1. The lowest BCUT2D eigenvalue weighted by Gasteiger charge is -2.36. The van der Waals surface area contributed by atoms with Gasteiger partial charge >= 0.3 is 0 Å². The Morgan fingerprint density at radius 3 is 2.85 bits per heavy atom. The van der Waals surface area contributed by atoms with Gasteiger partial charge in [-0.05, 0) is 37.5 Å². The molecule has 1 atom stereocenters. The number of nitrogens with zero attached hydrogens (tertiary/aromatic N) is 2. The van der Waals surface area contributed by atoms with Gasteiger partial charge in [0.15, 0.2) is 0 Å². The van der Waals surface area contributed by atoms with Crippen LogP contribution in [0.5, 0.6) is 5.75 Å². The van der Waals surface area contributed by atoms with E-state index in [-0.39, 0.29) is 17.7 Å². The topological polar surface area (TPSA) is 65.6 Å². The van der Waals surface area contributed by atoms with Gasteiger partial charge in [-0.3, -0.25) is 9.59 Å². The number of methoxy groups -OCH3 is 1. The zero-order valence-corrected chi connectivity index (χ0v) is 15.7. The maximum Gasteiger partial charge on any atom is 0.227 e. The molecule has 2 aliphatic heterocycles. The van der Waals surface area contributed by atoms with Crippen molar-refractivity contribution in [1.82, 2.24) is 14.8 Å². The van der Waals surface area contributed by atoms with Crippen LogP contribution in [0.4, 0.5) is 0 Å². The molecule has 0 bridgehead atoms. The molecule has 0 radical (unpaired) electrons. The lowest BCUT2D eigenvalue weighted by Crippen LogP contribution is -2.48. The summed E-state index contributed by atoms with van der Waals surface area (Å²) in [6, 6.07) is 6.44. The molecule has 1 aromatic carbocycles. The number of fused-ring (bicyclic) bond motifs is 3. The van der Waals surface area contributed by atoms with Crippen molar-refractivity contribution in [2.24, 2.45) is 5.92 Å². The summed E-state index contributed by atoms with van der Waals surface area (Å²) >= 11 is 0. The second kappa shape index (κ2) is 6.29. The van der Waals surface area contributed by atoms with Crippen molar-refractivity contribution >= 4 is 22.7 Å². The van der Waals surface area contributed by atoms with Crippen molar-refractivity contribution in [3.8, 4) is 5.75 Å². The lowest BCUT2D eigenvalue weighted by molar-refractivity contribution is -0.144. The van der Waals surface area contributed by atoms with Crippen molar-refractivity contribution < 1.29 is 14.3 Å². The van der Waals surface area contributed by atoms with E-state index in [1.165, 1.54) is 11.3 Å². The minimum Gasteiger partial charge on any atom is -0.497 e. The summed E-state index contributed by atoms with van der Waals surface area (Å²) in [5, 5.41) is 1.14. The average molecular weight is 367 g/mol. The smallest absolute Gasteiger partial charge is 0.227 e. The third kappa shape index (κ3) is 2.87. The molecule has 2 fully saturated rings. The monoisotopic (exact) mass is 367 g/mol. The van der Waals surface area contributed by atoms with Gasteiger partial charge in [0.1, 0.15) is 5.75 Å². The second-order valence-corrected chi connectivity index (χ2v) is 8.02. The van der Waals surface area contributed by atoms with E-state index in [0.717, 1.165) is 42.5 Å². The Kier molecular flexibility index (Phi) is 3.88. The highest BCUT2D eigenvalue weighted by Crippen LogP contribution is 2.34. The molecular weight excluding hydrogens is 342 g/mol. The highest BCUT2D eigenvalue weighted by Gasteiger charge is 2.40. The van der Waals surface area contributed by atoms with Gasteiger partial charge in [0.25, 0.3) is 0 Å². The van der Waals surface area contributed by atoms with Crippen molar-refractivity contribution in [3.05, 3.63) is 29.5 Å². The fourth-order valence-electron chi connectivity index (χ4n) is 4.58. The Morgan fingerprint density at radius 2 is 2.07 bits per heavy atom. The van der Waals surface area contributed by atoms with E-state index in [2.05, 4.69) is 4.98 Å². The highest BCUT2D eigenvalue weighted by molar-refractivity contribution is 5.88. The van der Waals surface area contributed by atoms with Crippen molar-refractivity contribution in [2.45, 2.75) is 44.7 Å². The molecule has 1 unspecified atom stereocenters. The predicted molar refractivity (Wildman–Crippen MR) is 101 cm³/mol. The summed E-state index contributed by atoms with van der Waals surface area (Å²) in [4.78, 5) is 32.8. The van der Waals surface area contributed by atoms with Gasteiger partial charge < -0.3 is 19.5 Å². The molecule has 3 aliphatic rings. The van der Waals surface area contributed by atoms with Gasteiger partial charge in [-0.15, -0.1) is 0 Å². The number of ether oxygens (including phenoxy) is 1. The molecule has 0 spiro atoms. The summed E-state index contributed by atoms with van der Waals surface area (Å²) in [7, 11) is 1.67. The fourth-order valence-corrected chi connectivity index (χ4v) is 4.58. The number of amides is 2. The molecule has 1 N–H and O–H groups in total. The first-order valence-corrected chi connectivity index (χ1v) is 9.90. The molecule has 1 aliphatic carbocycles. The number of rotatable bonds is 3. The Bertz CT molecular complexity index is 915. The van der Waals surface area contributed by atoms with Crippen molar-refractivity contribution in [1.29, 1.82) is 0 Å². The molecule has 27 heavy (non-hydrogen) atoms. The Balaban J connectivity index is 1.37.